The summed E-state index contributed by atoms with van der Waals surface area (Å²) in [5.41, 5.74) is -0.240. The van der Waals surface area contributed by atoms with Gasteiger partial charge < -0.3 is 14.9 Å². The van der Waals surface area contributed by atoms with Crippen LogP contribution in [0.3, 0.4) is 0 Å². The van der Waals surface area contributed by atoms with Crippen LogP contribution >= 0.6 is 0 Å². The number of phenols is 2. The Morgan fingerprint density at radius 1 is 1.17 bits per heavy atom. The maximum Gasteiger partial charge on any atom is 0.232 e. The highest BCUT2D eigenvalue weighted by molar-refractivity contribution is 6.26. The Morgan fingerprint density at radius 3 is 2.22 bits per heavy atom. The van der Waals surface area contributed by atoms with E-state index >= 15 is 0 Å². The second-order valence-electron chi connectivity index (χ2n) is 4.84. The standard InChI is InChI=1S/C15H14O6.C2H4/c1-6(16)4-8-7(2)13(18)11-9(17)5-10(21-3)15(20)12(11)14(8)19;1-2/h5,18-19H,4H2,1-3H3;1-2H2. The van der Waals surface area contributed by atoms with Crippen molar-refractivity contribution in [1.82, 2.24) is 0 Å². The van der Waals surface area contributed by atoms with Gasteiger partial charge in [-0.1, -0.05) is 0 Å². The third-order valence-corrected chi connectivity index (χ3v) is 3.42. The second-order valence-corrected chi connectivity index (χ2v) is 4.84. The zero-order valence-electron chi connectivity index (χ0n) is 13.2. The summed E-state index contributed by atoms with van der Waals surface area (Å²) >= 11 is 0. The summed E-state index contributed by atoms with van der Waals surface area (Å²) in [6.07, 6.45) is 0.819. The number of phenolic OH excluding ortho intramolecular Hbond substituents is 2. The van der Waals surface area contributed by atoms with Gasteiger partial charge in [-0.15, -0.1) is 13.2 Å². The number of aromatic hydroxyl groups is 2. The molecule has 0 saturated carbocycles. The molecular formula is C17H18O6. The predicted molar refractivity (Wildman–Crippen MR) is 83.9 cm³/mol. The molecule has 0 heterocycles. The second kappa shape index (κ2) is 6.91. The Hall–Kier alpha value is -2.89. The van der Waals surface area contributed by atoms with Gasteiger partial charge in [-0.05, 0) is 19.4 Å². The van der Waals surface area contributed by atoms with Gasteiger partial charge in [0.05, 0.1) is 18.2 Å². The lowest BCUT2D eigenvalue weighted by Gasteiger charge is -2.20. The van der Waals surface area contributed by atoms with E-state index < -0.39 is 23.1 Å². The molecule has 2 rings (SSSR count). The van der Waals surface area contributed by atoms with Gasteiger partial charge in [-0.3, -0.25) is 14.4 Å². The van der Waals surface area contributed by atoms with Gasteiger partial charge >= 0.3 is 0 Å². The lowest BCUT2D eigenvalue weighted by Crippen LogP contribution is -2.20. The minimum absolute atomic E-state index is 0.136. The number of hydrogen-bond acceptors (Lipinski definition) is 6. The maximum absolute atomic E-state index is 12.2. The normalized spacial score (nSPS) is 12.7. The summed E-state index contributed by atoms with van der Waals surface area (Å²) in [6.45, 7) is 8.80. The monoisotopic (exact) mass is 318 g/mol. The van der Waals surface area contributed by atoms with E-state index in [1.165, 1.54) is 21.0 Å². The quantitative estimate of drug-likeness (QED) is 0.655. The molecule has 23 heavy (non-hydrogen) atoms. The SMILES string of the molecule is C=C.COC1=CC(=O)c2c(O)c(C)c(CC(C)=O)c(O)c2C1=O. The molecule has 0 radical (unpaired) electrons. The lowest BCUT2D eigenvalue weighted by atomic mass is 9.86. The Balaban J connectivity index is 0.00000127. The van der Waals surface area contributed by atoms with Gasteiger partial charge in [0.15, 0.2) is 11.5 Å². The first-order valence-corrected chi connectivity index (χ1v) is 6.71. The summed E-state index contributed by atoms with van der Waals surface area (Å²) in [4.78, 5) is 35.5. The molecule has 0 amide bonds. The van der Waals surface area contributed by atoms with E-state index in [1.54, 1.807) is 0 Å². The lowest BCUT2D eigenvalue weighted by molar-refractivity contribution is -0.116. The average Bonchev–Trinajstić information content (AvgIpc) is 2.52. The number of hydrogen-bond donors (Lipinski definition) is 2. The van der Waals surface area contributed by atoms with Crippen molar-refractivity contribution >= 4 is 17.3 Å². The van der Waals surface area contributed by atoms with Crippen molar-refractivity contribution in [3.05, 3.63) is 47.2 Å². The summed E-state index contributed by atoms with van der Waals surface area (Å²) in [6, 6.07) is 0. The van der Waals surface area contributed by atoms with Crippen LogP contribution in [0.15, 0.2) is 25.0 Å². The van der Waals surface area contributed by atoms with Crippen LogP contribution in [0.25, 0.3) is 0 Å². The fraction of sp³-hybridized carbons (Fsp3) is 0.235. The van der Waals surface area contributed by atoms with E-state index in [0.717, 1.165) is 6.08 Å². The number of ketones is 3. The molecule has 1 aliphatic carbocycles. The minimum atomic E-state index is -0.704. The van der Waals surface area contributed by atoms with Crippen molar-refractivity contribution in [3.63, 3.8) is 0 Å². The highest BCUT2D eigenvalue weighted by Crippen LogP contribution is 2.41. The smallest absolute Gasteiger partial charge is 0.232 e. The van der Waals surface area contributed by atoms with Crippen LogP contribution in [0.5, 0.6) is 11.5 Å². The first-order chi connectivity index (χ1) is 10.8. The van der Waals surface area contributed by atoms with Crippen molar-refractivity contribution in [2.45, 2.75) is 20.3 Å². The number of carbonyl (C=O) groups excluding carboxylic acids is 3. The van der Waals surface area contributed by atoms with Gasteiger partial charge in [-0.2, -0.15) is 0 Å². The molecule has 0 atom stereocenters. The highest BCUT2D eigenvalue weighted by atomic mass is 16.5. The molecule has 122 valence electrons. The van der Waals surface area contributed by atoms with Crippen molar-refractivity contribution in [2.24, 2.45) is 0 Å². The Bertz CT molecular complexity index is 727. The Morgan fingerprint density at radius 2 is 1.74 bits per heavy atom. The van der Waals surface area contributed by atoms with E-state index in [1.807, 2.05) is 0 Å². The molecule has 6 heteroatoms. The third kappa shape index (κ3) is 3.01. The van der Waals surface area contributed by atoms with Crippen LogP contribution in [0.4, 0.5) is 0 Å². The molecule has 6 nitrogen and oxygen atoms in total. The summed E-state index contributed by atoms with van der Waals surface area (Å²) < 4.78 is 4.81. The van der Waals surface area contributed by atoms with Gasteiger partial charge in [0.25, 0.3) is 0 Å². The number of ether oxygens (including phenoxy) is 1. The maximum atomic E-state index is 12.2. The fourth-order valence-corrected chi connectivity index (χ4v) is 2.35. The predicted octanol–water partition coefficient (Wildman–Crippen LogP) is 2.25. The number of fused-ring (bicyclic) bond motifs is 1. The highest BCUT2D eigenvalue weighted by Gasteiger charge is 2.35. The average molecular weight is 318 g/mol. The molecule has 1 aromatic rings. The van der Waals surface area contributed by atoms with Gasteiger partial charge in [0, 0.05) is 18.1 Å². The molecule has 0 bridgehead atoms. The molecule has 0 aromatic heterocycles. The van der Waals surface area contributed by atoms with Crippen LogP contribution in [-0.2, 0) is 16.0 Å². The van der Waals surface area contributed by atoms with Crippen molar-refractivity contribution < 1.29 is 29.3 Å². The molecular weight excluding hydrogens is 300 g/mol. The Kier molecular flexibility index (Phi) is 5.46. The third-order valence-electron chi connectivity index (χ3n) is 3.42. The van der Waals surface area contributed by atoms with Crippen LogP contribution in [0.1, 0.15) is 38.8 Å². The van der Waals surface area contributed by atoms with Crippen LogP contribution in [0.2, 0.25) is 0 Å². The molecule has 2 N–H and O–H groups in total. The number of rotatable bonds is 3. The summed E-state index contributed by atoms with van der Waals surface area (Å²) in [5.74, 6) is -2.67. The molecule has 0 aliphatic heterocycles. The van der Waals surface area contributed by atoms with E-state index in [2.05, 4.69) is 13.2 Å². The van der Waals surface area contributed by atoms with E-state index in [4.69, 9.17) is 4.74 Å². The first-order valence-electron chi connectivity index (χ1n) is 6.71. The van der Waals surface area contributed by atoms with Crippen molar-refractivity contribution in [3.8, 4) is 11.5 Å². The van der Waals surface area contributed by atoms with Gasteiger partial charge in [-0.25, -0.2) is 0 Å². The zero-order chi connectivity index (χ0) is 17.9. The van der Waals surface area contributed by atoms with Crippen molar-refractivity contribution in [2.75, 3.05) is 7.11 Å². The number of benzene rings is 1. The van der Waals surface area contributed by atoms with Crippen LogP contribution in [-0.4, -0.2) is 34.7 Å². The molecule has 0 fully saturated rings. The molecule has 1 aromatic carbocycles. The van der Waals surface area contributed by atoms with E-state index in [0.29, 0.717) is 0 Å². The minimum Gasteiger partial charge on any atom is -0.507 e. The van der Waals surface area contributed by atoms with Gasteiger partial charge in [0.1, 0.15) is 17.3 Å². The van der Waals surface area contributed by atoms with Crippen LogP contribution in [0, 0.1) is 6.92 Å². The van der Waals surface area contributed by atoms with Crippen LogP contribution < -0.4 is 0 Å². The molecule has 1 aliphatic rings. The number of allylic oxidation sites excluding steroid dienone is 2. The largest absolute Gasteiger partial charge is 0.507 e. The zero-order valence-corrected chi connectivity index (χ0v) is 13.2. The van der Waals surface area contributed by atoms with E-state index in [9.17, 15) is 24.6 Å². The molecule has 0 saturated heterocycles. The number of Topliss-reactive ketones (excluding diaryl/α,β-unsaturated/α-hetero) is 2. The fourth-order valence-electron chi connectivity index (χ4n) is 2.35. The van der Waals surface area contributed by atoms with Gasteiger partial charge in [0.2, 0.25) is 5.78 Å². The summed E-state index contributed by atoms with van der Waals surface area (Å²) in [5, 5.41) is 20.4. The Labute approximate surface area is 133 Å². The van der Waals surface area contributed by atoms with Crippen molar-refractivity contribution in [1.29, 1.82) is 0 Å². The van der Waals surface area contributed by atoms with E-state index in [-0.39, 0.29) is 40.2 Å². The molecule has 0 spiro atoms. The number of carbonyl (C=O) groups is 3. The first kappa shape index (κ1) is 18.2. The summed E-state index contributed by atoms with van der Waals surface area (Å²) in [7, 11) is 1.23. The molecule has 0 unspecified atom stereocenters. The topological polar surface area (TPSA) is 101 Å². The number of methoxy groups -OCH3 is 1.